The monoisotopic (exact) mass is 459 g/mol. The highest BCUT2D eigenvalue weighted by atomic mass is 35.5. The second-order valence-corrected chi connectivity index (χ2v) is 7.77. The number of ether oxygens (including phenoxy) is 1. The average Bonchev–Trinajstić information content (AvgIpc) is 3.30. The fourth-order valence-electron chi connectivity index (χ4n) is 2.59. The van der Waals surface area contributed by atoms with Crippen LogP contribution in [-0.2, 0) is 9.53 Å². The SMILES string of the molecule is O=C1NC(=O)/C(=C/c2ccc(C(=O)Nc3nc(-c4ccc(Cl)c(Cl)c4)cs3)cc2)O1. The molecule has 0 atom stereocenters. The summed E-state index contributed by atoms with van der Waals surface area (Å²) in [6, 6.07) is 11.6. The van der Waals surface area contributed by atoms with Gasteiger partial charge in [-0.05, 0) is 35.9 Å². The number of nitrogens with one attached hydrogen (secondary N) is 2. The van der Waals surface area contributed by atoms with Gasteiger partial charge in [0, 0.05) is 16.5 Å². The van der Waals surface area contributed by atoms with E-state index in [4.69, 9.17) is 27.9 Å². The van der Waals surface area contributed by atoms with Gasteiger partial charge >= 0.3 is 6.09 Å². The molecule has 2 aromatic carbocycles. The van der Waals surface area contributed by atoms with E-state index in [1.807, 2.05) is 5.32 Å². The van der Waals surface area contributed by atoms with Gasteiger partial charge in [-0.1, -0.05) is 41.4 Å². The van der Waals surface area contributed by atoms with Gasteiger partial charge in [-0.15, -0.1) is 11.3 Å². The molecule has 4 rings (SSSR count). The molecule has 7 nitrogen and oxygen atoms in total. The van der Waals surface area contributed by atoms with Crippen LogP contribution in [0.3, 0.4) is 0 Å². The number of amides is 3. The number of halogens is 2. The van der Waals surface area contributed by atoms with Crippen LogP contribution in [-0.4, -0.2) is 22.9 Å². The molecule has 0 aliphatic carbocycles. The molecule has 1 fully saturated rings. The molecule has 1 saturated heterocycles. The summed E-state index contributed by atoms with van der Waals surface area (Å²) in [7, 11) is 0. The Morgan fingerprint density at radius 3 is 2.53 bits per heavy atom. The molecule has 2 N–H and O–H groups in total. The van der Waals surface area contributed by atoms with E-state index >= 15 is 0 Å². The molecule has 0 saturated carbocycles. The van der Waals surface area contributed by atoms with Gasteiger partial charge < -0.3 is 4.74 Å². The van der Waals surface area contributed by atoms with Crippen LogP contribution in [0.1, 0.15) is 15.9 Å². The molecular weight excluding hydrogens is 449 g/mol. The number of imide groups is 1. The van der Waals surface area contributed by atoms with Crippen LogP contribution in [0.15, 0.2) is 53.6 Å². The molecule has 150 valence electrons. The summed E-state index contributed by atoms with van der Waals surface area (Å²) < 4.78 is 4.75. The number of hydrogen-bond donors (Lipinski definition) is 2. The van der Waals surface area contributed by atoms with Crippen molar-refractivity contribution in [3.05, 3.63) is 74.8 Å². The van der Waals surface area contributed by atoms with Crippen molar-refractivity contribution in [2.24, 2.45) is 0 Å². The Morgan fingerprint density at radius 1 is 1.10 bits per heavy atom. The molecule has 10 heteroatoms. The molecule has 3 aromatic rings. The van der Waals surface area contributed by atoms with Gasteiger partial charge in [-0.2, -0.15) is 0 Å². The number of aromatic nitrogens is 1. The van der Waals surface area contributed by atoms with Crippen molar-refractivity contribution >= 4 is 63.7 Å². The first-order valence-corrected chi connectivity index (χ1v) is 10.1. The Morgan fingerprint density at radius 2 is 1.87 bits per heavy atom. The number of cyclic esters (lactones) is 1. The molecule has 1 aromatic heterocycles. The van der Waals surface area contributed by atoms with Crippen molar-refractivity contribution < 1.29 is 19.1 Å². The van der Waals surface area contributed by atoms with Gasteiger partial charge in [0.05, 0.1) is 15.7 Å². The van der Waals surface area contributed by atoms with E-state index in [0.29, 0.717) is 32.0 Å². The molecule has 1 aliphatic rings. The van der Waals surface area contributed by atoms with Crippen LogP contribution < -0.4 is 10.6 Å². The van der Waals surface area contributed by atoms with Crippen molar-refractivity contribution in [2.75, 3.05) is 5.32 Å². The molecule has 2 heterocycles. The van der Waals surface area contributed by atoms with Crippen LogP contribution in [0.2, 0.25) is 10.0 Å². The second-order valence-electron chi connectivity index (χ2n) is 6.10. The third-order valence-electron chi connectivity index (χ3n) is 4.05. The van der Waals surface area contributed by atoms with Crippen LogP contribution in [0.5, 0.6) is 0 Å². The first-order valence-electron chi connectivity index (χ1n) is 8.46. The number of alkyl carbamates (subject to hydrolysis) is 1. The minimum absolute atomic E-state index is 0.102. The van der Waals surface area contributed by atoms with Crippen molar-refractivity contribution in [3.8, 4) is 11.3 Å². The highest BCUT2D eigenvalue weighted by Gasteiger charge is 2.25. The quantitative estimate of drug-likeness (QED) is 0.536. The largest absolute Gasteiger partial charge is 0.419 e. The third kappa shape index (κ3) is 4.35. The summed E-state index contributed by atoms with van der Waals surface area (Å²) in [6.07, 6.45) is 0.595. The first kappa shape index (κ1) is 20.1. The molecule has 1 aliphatic heterocycles. The summed E-state index contributed by atoms with van der Waals surface area (Å²) in [5.41, 5.74) is 2.45. The first-order chi connectivity index (χ1) is 14.4. The van der Waals surface area contributed by atoms with Crippen molar-refractivity contribution in [1.29, 1.82) is 0 Å². The van der Waals surface area contributed by atoms with Gasteiger partial charge in [0.1, 0.15) is 0 Å². The third-order valence-corrected chi connectivity index (χ3v) is 5.55. The Labute approximate surface area is 184 Å². The van der Waals surface area contributed by atoms with Gasteiger partial charge in [-0.25, -0.2) is 9.78 Å². The maximum atomic E-state index is 12.5. The standard InChI is InChI=1S/C20H11Cl2N3O4S/c21-13-6-5-12(8-14(13)22)15-9-30-19(23-15)24-17(26)11-3-1-10(2-4-11)7-16-18(27)25-20(28)29-16/h1-9H,(H,23,24,26)(H,25,27,28)/b16-7-. The number of nitrogens with zero attached hydrogens (tertiary/aromatic N) is 1. The maximum Gasteiger partial charge on any atom is 0.419 e. The van der Waals surface area contributed by atoms with Crippen LogP contribution in [0.25, 0.3) is 17.3 Å². The lowest BCUT2D eigenvalue weighted by molar-refractivity contribution is -0.116. The van der Waals surface area contributed by atoms with Crippen LogP contribution >= 0.6 is 34.5 Å². The summed E-state index contributed by atoms with van der Waals surface area (Å²) in [6.45, 7) is 0. The molecule has 0 spiro atoms. The van der Waals surface area contributed by atoms with E-state index in [0.717, 1.165) is 5.56 Å². The summed E-state index contributed by atoms with van der Waals surface area (Å²) in [5.74, 6) is -1.05. The van der Waals surface area contributed by atoms with Crippen molar-refractivity contribution in [3.63, 3.8) is 0 Å². The zero-order valence-corrected chi connectivity index (χ0v) is 17.3. The Hall–Kier alpha value is -3.20. The van der Waals surface area contributed by atoms with E-state index in [-0.39, 0.29) is 11.7 Å². The van der Waals surface area contributed by atoms with Gasteiger partial charge in [0.15, 0.2) is 10.9 Å². The fraction of sp³-hybridized carbons (Fsp3) is 0. The molecule has 0 unspecified atom stereocenters. The Balaban J connectivity index is 1.45. The van der Waals surface area contributed by atoms with Crippen LogP contribution in [0, 0.1) is 0 Å². The van der Waals surface area contributed by atoms with Gasteiger partial charge in [0.25, 0.3) is 11.8 Å². The number of hydrogen-bond acceptors (Lipinski definition) is 6. The summed E-state index contributed by atoms with van der Waals surface area (Å²) >= 11 is 13.3. The van der Waals surface area contributed by atoms with Crippen LogP contribution in [0.4, 0.5) is 9.93 Å². The summed E-state index contributed by atoms with van der Waals surface area (Å²) in [5, 5.41) is 7.87. The zero-order valence-electron chi connectivity index (χ0n) is 14.9. The number of rotatable bonds is 4. The molecule has 0 bridgehead atoms. The van der Waals surface area contributed by atoms with E-state index < -0.39 is 12.0 Å². The van der Waals surface area contributed by atoms with Crippen molar-refractivity contribution in [1.82, 2.24) is 10.3 Å². The zero-order chi connectivity index (χ0) is 21.3. The number of benzene rings is 2. The van der Waals surface area contributed by atoms with Gasteiger partial charge in [0.2, 0.25) is 0 Å². The lowest BCUT2D eigenvalue weighted by atomic mass is 10.1. The number of thiazole rings is 1. The van der Waals surface area contributed by atoms with E-state index in [1.54, 1.807) is 47.8 Å². The Kier molecular flexibility index (Phi) is 5.54. The predicted molar refractivity (Wildman–Crippen MR) is 115 cm³/mol. The molecule has 30 heavy (non-hydrogen) atoms. The lowest BCUT2D eigenvalue weighted by Gasteiger charge is -2.03. The van der Waals surface area contributed by atoms with Gasteiger partial charge in [-0.3, -0.25) is 20.2 Å². The summed E-state index contributed by atoms with van der Waals surface area (Å²) in [4.78, 5) is 39.4. The van der Waals surface area contributed by atoms with E-state index in [9.17, 15) is 14.4 Å². The molecular formula is C20H11Cl2N3O4S. The maximum absolute atomic E-state index is 12.5. The lowest BCUT2D eigenvalue weighted by Crippen LogP contribution is -2.18. The second kappa shape index (κ2) is 8.27. The Bertz CT molecular complexity index is 1210. The van der Waals surface area contributed by atoms with E-state index in [1.165, 1.54) is 17.4 Å². The minimum Gasteiger partial charge on any atom is -0.404 e. The predicted octanol–water partition coefficient (Wildman–Crippen LogP) is 4.98. The fourth-order valence-corrected chi connectivity index (χ4v) is 3.60. The molecule has 0 radical (unpaired) electrons. The average molecular weight is 460 g/mol. The van der Waals surface area contributed by atoms with E-state index in [2.05, 4.69) is 10.3 Å². The van der Waals surface area contributed by atoms with Crippen molar-refractivity contribution in [2.45, 2.75) is 0 Å². The highest BCUT2D eigenvalue weighted by molar-refractivity contribution is 7.14. The number of carbonyl (C=O) groups excluding carboxylic acids is 3. The molecule has 3 amide bonds. The topological polar surface area (TPSA) is 97.4 Å². The highest BCUT2D eigenvalue weighted by Crippen LogP contribution is 2.30. The number of anilines is 1. The minimum atomic E-state index is -0.814. The number of carbonyl (C=O) groups is 3. The smallest absolute Gasteiger partial charge is 0.404 e. The normalized spacial score (nSPS) is 14.5.